The van der Waals surface area contributed by atoms with Crippen molar-refractivity contribution in [2.45, 2.75) is 19.4 Å². The lowest BCUT2D eigenvalue weighted by atomic mass is 10.0. The maximum Gasteiger partial charge on any atom is 0.203 e. The second kappa shape index (κ2) is 7.80. The number of nitrogens with one attached hydrogen (secondary N) is 1. The monoisotopic (exact) mass is 311 g/mol. The molecule has 1 aliphatic heterocycles. The van der Waals surface area contributed by atoms with Crippen molar-refractivity contribution in [3.8, 4) is 17.2 Å². The molecule has 1 saturated heterocycles. The largest absolute Gasteiger partial charge is 0.493 e. The molecular formula is C16H25NO3S. The fourth-order valence-corrected chi connectivity index (χ4v) is 3.84. The fourth-order valence-electron chi connectivity index (χ4n) is 2.56. The number of methoxy groups -OCH3 is 3. The zero-order chi connectivity index (χ0) is 15.2. The van der Waals surface area contributed by atoms with Crippen molar-refractivity contribution < 1.29 is 14.2 Å². The highest BCUT2D eigenvalue weighted by Gasteiger charge is 2.19. The van der Waals surface area contributed by atoms with Gasteiger partial charge in [0.05, 0.1) is 21.3 Å². The fraction of sp³-hybridized carbons (Fsp3) is 0.625. The van der Waals surface area contributed by atoms with Crippen LogP contribution >= 0.6 is 11.8 Å². The van der Waals surface area contributed by atoms with Gasteiger partial charge in [0.2, 0.25) is 5.75 Å². The number of ether oxygens (including phenoxy) is 3. The molecule has 0 bridgehead atoms. The van der Waals surface area contributed by atoms with E-state index in [9.17, 15) is 0 Å². The SMILES string of the molecule is COc1cc(C(C)NCC2CCSC2)cc(OC)c1OC. The molecule has 1 N–H and O–H groups in total. The lowest BCUT2D eigenvalue weighted by Gasteiger charge is -2.20. The van der Waals surface area contributed by atoms with Crippen LogP contribution in [0.5, 0.6) is 17.2 Å². The summed E-state index contributed by atoms with van der Waals surface area (Å²) in [5, 5.41) is 3.62. The second-order valence-electron chi connectivity index (χ2n) is 5.32. The Balaban J connectivity index is 2.10. The molecule has 0 spiro atoms. The third-order valence-electron chi connectivity index (χ3n) is 3.92. The van der Waals surface area contributed by atoms with Crippen molar-refractivity contribution in [3.63, 3.8) is 0 Å². The van der Waals surface area contributed by atoms with Crippen LogP contribution < -0.4 is 19.5 Å². The van der Waals surface area contributed by atoms with Crippen molar-refractivity contribution in [3.05, 3.63) is 17.7 Å². The Morgan fingerprint density at radius 2 is 1.86 bits per heavy atom. The molecule has 1 aliphatic rings. The van der Waals surface area contributed by atoms with Crippen LogP contribution in [0.2, 0.25) is 0 Å². The van der Waals surface area contributed by atoms with Crippen molar-refractivity contribution in [1.82, 2.24) is 5.32 Å². The molecule has 2 rings (SSSR count). The van der Waals surface area contributed by atoms with Gasteiger partial charge in [0.25, 0.3) is 0 Å². The Bertz CT molecular complexity index is 436. The van der Waals surface area contributed by atoms with Crippen molar-refractivity contribution in [1.29, 1.82) is 0 Å². The van der Waals surface area contributed by atoms with E-state index < -0.39 is 0 Å². The molecule has 1 aromatic carbocycles. The Morgan fingerprint density at radius 1 is 1.19 bits per heavy atom. The zero-order valence-corrected chi connectivity index (χ0v) is 14.1. The molecule has 1 fully saturated rings. The molecule has 4 nitrogen and oxygen atoms in total. The van der Waals surface area contributed by atoms with Crippen LogP contribution in [-0.4, -0.2) is 39.4 Å². The predicted octanol–water partition coefficient (Wildman–Crippen LogP) is 3.12. The van der Waals surface area contributed by atoms with E-state index >= 15 is 0 Å². The first kappa shape index (κ1) is 16.3. The van der Waals surface area contributed by atoms with E-state index in [-0.39, 0.29) is 6.04 Å². The van der Waals surface area contributed by atoms with Gasteiger partial charge < -0.3 is 19.5 Å². The molecule has 118 valence electrons. The minimum Gasteiger partial charge on any atom is -0.493 e. The Kier molecular flexibility index (Phi) is 6.06. The van der Waals surface area contributed by atoms with E-state index in [0.717, 1.165) is 18.0 Å². The van der Waals surface area contributed by atoms with Gasteiger partial charge in [0.1, 0.15) is 0 Å². The molecule has 2 atom stereocenters. The summed E-state index contributed by atoms with van der Waals surface area (Å²) in [5.74, 6) is 5.41. The van der Waals surface area contributed by atoms with E-state index in [4.69, 9.17) is 14.2 Å². The minimum absolute atomic E-state index is 0.254. The smallest absolute Gasteiger partial charge is 0.203 e. The van der Waals surface area contributed by atoms with Crippen molar-refractivity contribution in [2.75, 3.05) is 39.4 Å². The molecule has 21 heavy (non-hydrogen) atoms. The second-order valence-corrected chi connectivity index (χ2v) is 6.47. The predicted molar refractivity (Wildman–Crippen MR) is 87.9 cm³/mol. The first-order valence-electron chi connectivity index (χ1n) is 7.30. The molecule has 0 aromatic heterocycles. The van der Waals surface area contributed by atoms with E-state index in [2.05, 4.69) is 24.0 Å². The van der Waals surface area contributed by atoms with Crippen LogP contribution in [0.3, 0.4) is 0 Å². The van der Waals surface area contributed by atoms with Gasteiger partial charge in [-0.3, -0.25) is 0 Å². The Morgan fingerprint density at radius 3 is 2.33 bits per heavy atom. The summed E-state index contributed by atoms with van der Waals surface area (Å²) in [5.41, 5.74) is 1.15. The third-order valence-corrected chi connectivity index (χ3v) is 5.16. The average Bonchev–Trinajstić information content (AvgIpc) is 3.04. The van der Waals surface area contributed by atoms with Gasteiger partial charge in [0.15, 0.2) is 11.5 Å². The van der Waals surface area contributed by atoms with E-state index in [0.29, 0.717) is 17.2 Å². The first-order chi connectivity index (χ1) is 10.2. The maximum atomic E-state index is 5.41. The molecular weight excluding hydrogens is 286 g/mol. The highest BCUT2D eigenvalue weighted by Crippen LogP contribution is 2.39. The van der Waals surface area contributed by atoms with Crippen LogP contribution in [-0.2, 0) is 0 Å². The number of benzene rings is 1. The quantitative estimate of drug-likeness (QED) is 0.838. The lowest BCUT2D eigenvalue weighted by Crippen LogP contribution is -2.25. The van der Waals surface area contributed by atoms with Crippen molar-refractivity contribution >= 4 is 11.8 Å². The lowest BCUT2D eigenvalue weighted by molar-refractivity contribution is 0.323. The molecule has 1 aromatic rings. The van der Waals surface area contributed by atoms with Gasteiger partial charge in [-0.05, 0) is 55.0 Å². The van der Waals surface area contributed by atoms with E-state index in [1.165, 1.54) is 17.9 Å². The van der Waals surface area contributed by atoms with Gasteiger partial charge in [-0.1, -0.05) is 0 Å². The van der Waals surface area contributed by atoms with Crippen LogP contribution in [0.15, 0.2) is 12.1 Å². The molecule has 0 aliphatic carbocycles. The summed E-state index contributed by atoms with van der Waals surface area (Å²) in [4.78, 5) is 0. The highest BCUT2D eigenvalue weighted by atomic mass is 32.2. The van der Waals surface area contributed by atoms with Crippen molar-refractivity contribution in [2.24, 2.45) is 5.92 Å². The summed E-state index contributed by atoms with van der Waals surface area (Å²) >= 11 is 2.05. The topological polar surface area (TPSA) is 39.7 Å². The highest BCUT2D eigenvalue weighted by molar-refractivity contribution is 7.99. The van der Waals surface area contributed by atoms with E-state index in [1.807, 2.05) is 12.1 Å². The number of hydrogen-bond donors (Lipinski definition) is 1. The number of rotatable bonds is 7. The average molecular weight is 311 g/mol. The maximum absolute atomic E-state index is 5.41. The third kappa shape index (κ3) is 3.98. The minimum atomic E-state index is 0.254. The first-order valence-corrected chi connectivity index (χ1v) is 8.46. The summed E-state index contributed by atoms with van der Waals surface area (Å²) in [6, 6.07) is 4.29. The zero-order valence-electron chi connectivity index (χ0n) is 13.3. The normalized spacial score (nSPS) is 19.3. The summed E-state index contributed by atoms with van der Waals surface area (Å²) < 4.78 is 16.2. The summed E-state index contributed by atoms with van der Waals surface area (Å²) in [6.45, 7) is 3.23. The van der Waals surface area contributed by atoms with Gasteiger partial charge in [-0.15, -0.1) is 0 Å². The van der Waals surface area contributed by atoms with Crippen LogP contribution in [0.25, 0.3) is 0 Å². The number of thioether (sulfide) groups is 1. The molecule has 2 unspecified atom stereocenters. The van der Waals surface area contributed by atoms with E-state index in [1.54, 1.807) is 21.3 Å². The van der Waals surface area contributed by atoms with Crippen LogP contribution in [0, 0.1) is 5.92 Å². The molecule has 0 amide bonds. The molecule has 5 heteroatoms. The summed E-state index contributed by atoms with van der Waals surface area (Å²) in [6.07, 6.45) is 1.32. The Labute approximate surface area is 131 Å². The standard InChI is InChI=1S/C16H25NO3S/c1-11(17-9-12-5-6-21-10-12)13-7-14(18-2)16(20-4)15(8-13)19-3/h7-8,11-12,17H,5-6,9-10H2,1-4H3. The Hall–Kier alpha value is -1.07. The van der Waals surface area contributed by atoms with Gasteiger partial charge in [-0.25, -0.2) is 0 Å². The van der Waals surface area contributed by atoms with Crippen LogP contribution in [0.1, 0.15) is 24.9 Å². The summed E-state index contributed by atoms with van der Waals surface area (Å²) in [7, 11) is 4.92. The van der Waals surface area contributed by atoms with Gasteiger partial charge in [0, 0.05) is 6.04 Å². The van der Waals surface area contributed by atoms with Gasteiger partial charge >= 0.3 is 0 Å². The van der Waals surface area contributed by atoms with Gasteiger partial charge in [-0.2, -0.15) is 11.8 Å². The molecule has 0 radical (unpaired) electrons. The molecule has 0 saturated carbocycles. The van der Waals surface area contributed by atoms with Crippen LogP contribution in [0.4, 0.5) is 0 Å². The molecule has 1 heterocycles. The number of hydrogen-bond acceptors (Lipinski definition) is 5.